The van der Waals surface area contributed by atoms with Crippen LogP contribution in [0.2, 0.25) is 0 Å². The van der Waals surface area contributed by atoms with Crippen molar-refractivity contribution in [3.05, 3.63) is 65.0 Å². The molecule has 1 unspecified atom stereocenters. The summed E-state index contributed by atoms with van der Waals surface area (Å²) in [6, 6.07) is 10.7. The zero-order valence-electron chi connectivity index (χ0n) is 14.9. The third-order valence-electron chi connectivity index (χ3n) is 4.46. The van der Waals surface area contributed by atoms with Crippen LogP contribution in [0.25, 0.3) is 0 Å². The second kappa shape index (κ2) is 8.82. The van der Waals surface area contributed by atoms with Gasteiger partial charge in [0.1, 0.15) is 5.82 Å². The van der Waals surface area contributed by atoms with Crippen LogP contribution in [-0.2, 0) is 34.3 Å². The van der Waals surface area contributed by atoms with E-state index >= 15 is 0 Å². The number of fused-ring (bicyclic) bond motifs is 1. The third kappa shape index (κ3) is 5.28. The van der Waals surface area contributed by atoms with Crippen molar-refractivity contribution in [2.45, 2.75) is 31.5 Å². The molecule has 0 radical (unpaired) electrons. The van der Waals surface area contributed by atoms with Crippen molar-refractivity contribution in [1.29, 1.82) is 0 Å². The first-order valence-electron chi connectivity index (χ1n) is 8.42. The van der Waals surface area contributed by atoms with Crippen molar-refractivity contribution in [3.63, 3.8) is 0 Å². The largest absolute Gasteiger partial charge is 0.352 e. The van der Waals surface area contributed by atoms with E-state index in [1.165, 1.54) is 23.3 Å². The molecule has 2 aromatic rings. The van der Waals surface area contributed by atoms with Crippen LogP contribution in [0.4, 0.5) is 4.39 Å². The van der Waals surface area contributed by atoms with Crippen molar-refractivity contribution in [2.75, 3.05) is 5.75 Å². The number of carbonyl (C=O) groups is 1. The molecular formula is C19H22ClFN2O3S. The van der Waals surface area contributed by atoms with Gasteiger partial charge in [-0.2, -0.15) is 0 Å². The van der Waals surface area contributed by atoms with Gasteiger partial charge in [-0.25, -0.2) is 12.8 Å². The van der Waals surface area contributed by atoms with E-state index in [1.807, 2.05) is 12.1 Å². The SMILES string of the molecule is CC(CS(=O)(=O)c1ccc(F)cc1)C(=O)NCc1ccc2c(c1)CNC2.Cl. The van der Waals surface area contributed by atoms with E-state index in [9.17, 15) is 17.6 Å². The number of rotatable bonds is 6. The fourth-order valence-corrected chi connectivity index (χ4v) is 4.52. The number of hydrogen-bond donors (Lipinski definition) is 2. The second-order valence-electron chi connectivity index (χ2n) is 6.56. The average molecular weight is 413 g/mol. The Bertz CT molecular complexity index is 917. The van der Waals surface area contributed by atoms with Gasteiger partial charge in [0.2, 0.25) is 5.91 Å². The van der Waals surface area contributed by atoms with Gasteiger partial charge in [-0.1, -0.05) is 25.1 Å². The smallest absolute Gasteiger partial charge is 0.224 e. The summed E-state index contributed by atoms with van der Waals surface area (Å²) < 4.78 is 37.6. The first-order valence-corrected chi connectivity index (χ1v) is 10.1. The standard InChI is InChI=1S/C19H21FN2O3S.ClH/c1-13(12-26(24,25)18-6-4-17(20)5-7-18)19(23)22-9-14-2-3-15-10-21-11-16(15)8-14;/h2-8,13,21H,9-12H2,1H3,(H,22,23);1H. The summed E-state index contributed by atoms with van der Waals surface area (Å²) in [4.78, 5) is 12.3. The lowest BCUT2D eigenvalue weighted by atomic mass is 10.1. The van der Waals surface area contributed by atoms with E-state index in [2.05, 4.69) is 16.7 Å². The Morgan fingerprint density at radius 1 is 1.15 bits per heavy atom. The molecule has 5 nitrogen and oxygen atoms in total. The Balaban J connectivity index is 0.00000261. The Morgan fingerprint density at radius 3 is 2.52 bits per heavy atom. The number of nitrogens with one attached hydrogen (secondary N) is 2. The van der Waals surface area contributed by atoms with Gasteiger partial charge < -0.3 is 10.6 Å². The van der Waals surface area contributed by atoms with E-state index in [-0.39, 0.29) is 29.0 Å². The first kappa shape index (κ1) is 21.3. The van der Waals surface area contributed by atoms with Crippen LogP contribution in [0.3, 0.4) is 0 Å². The van der Waals surface area contributed by atoms with Crippen LogP contribution < -0.4 is 10.6 Å². The van der Waals surface area contributed by atoms with E-state index in [0.717, 1.165) is 30.8 Å². The van der Waals surface area contributed by atoms with Crippen LogP contribution in [0.5, 0.6) is 0 Å². The van der Waals surface area contributed by atoms with Gasteiger partial charge in [0, 0.05) is 25.6 Å². The van der Waals surface area contributed by atoms with Crippen LogP contribution in [0.15, 0.2) is 47.4 Å². The summed E-state index contributed by atoms with van der Waals surface area (Å²) in [7, 11) is -3.65. The summed E-state index contributed by atoms with van der Waals surface area (Å²) in [5.41, 5.74) is 3.47. The number of carbonyl (C=O) groups excluding carboxylic acids is 1. The summed E-state index contributed by atoms with van der Waals surface area (Å²) in [5.74, 6) is -1.85. The number of halogens is 2. The molecule has 0 spiro atoms. The maximum Gasteiger partial charge on any atom is 0.224 e. The Morgan fingerprint density at radius 2 is 1.81 bits per heavy atom. The summed E-state index contributed by atoms with van der Waals surface area (Å²) in [5, 5.41) is 6.05. The minimum atomic E-state index is -3.65. The molecule has 0 saturated heterocycles. The fraction of sp³-hybridized carbons (Fsp3) is 0.316. The second-order valence-corrected chi connectivity index (χ2v) is 8.60. The van der Waals surface area contributed by atoms with Crippen LogP contribution in [0, 0.1) is 11.7 Å². The van der Waals surface area contributed by atoms with Crippen LogP contribution in [-0.4, -0.2) is 20.1 Å². The predicted octanol–water partition coefficient (Wildman–Crippen LogP) is 2.58. The average Bonchev–Trinajstić information content (AvgIpc) is 3.07. The normalized spacial score (nSPS) is 14.1. The molecule has 146 valence electrons. The van der Waals surface area contributed by atoms with E-state index in [1.54, 1.807) is 6.92 Å². The summed E-state index contributed by atoms with van der Waals surface area (Å²) >= 11 is 0. The number of sulfone groups is 1. The van der Waals surface area contributed by atoms with Gasteiger partial charge in [0.15, 0.2) is 9.84 Å². The third-order valence-corrected chi connectivity index (χ3v) is 6.39. The molecule has 2 N–H and O–H groups in total. The quantitative estimate of drug-likeness (QED) is 0.715. The Labute approximate surface area is 164 Å². The van der Waals surface area contributed by atoms with E-state index < -0.39 is 21.6 Å². The van der Waals surface area contributed by atoms with Crippen molar-refractivity contribution >= 4 is 28.2 Å². The van der Waals surface area contributed by atoms with Crippen molar-refractivity contribution in [3.8, 4) is 0 Å². The van der Waals surface area contributed by atoms with Crippen LogP contribution in [0.1, 0.15) is 23.6 Å². The molecule has 27 heavy (non-hydrogen) atoms. The van der Waals surface area contributed by atoms with Gasteiger partial charge >= 0.3 is 0 Å². The molecule has 1 atom stereocenters. The highest BCUT2D eigenvalue weighted by Gasteiger charge is 2.23. The van der Waals surface area contributed by atoms with Gasteiger partial charge in [0.25, 0.3) is 0 Å². The minimum Gasteiger partial charge on any atom is -0.352 e. The van der Waals surface area contributed by atoms with Gasteiger partial charge in [-0.05, 0) is 41.0 Å². The van der Waals surface area contributed by atoms with Crippen molar-refractivity contribution in [1.82, 2.24) is 10.6 Å². The molecule has 2 aromatic carbocycles. The monoisotopic (exact) mass is 412 g/mol. The number of hydrogen-bond acceptors (Lipinski definition) is 4. The Hall–Kier alpha value is -1.96. The number of benzene rings is 2. The van der Waals surface area contributed by atoms with E-state index in [0.29, 0.717) is 6.54 Å². The summed E-state index contributed by atoms with van der Waals surface area (Å²) in [6.07, 6.45) is 0. The fourth-order valence-electron chi connectivity index (χ4n) is 2.96. The molecule has 3 rings (SSSR count). The molecular weight excluding hydrogens is 391 g/mol. The van der Waals surface area contributed by atoms with Gasteiger partial charge in [-0.3, -0.25) is 4.79 Å². The highest BCUT2D eigenvalue weighted by atomic mass is 35.5. The molecule has 8 heteroatoms. The highest BCUT2D eigenvalue weighted by molar-refractivity contribution is 7.91. The van der Waals surface area contributed by atoms with Crippen molar-refractivity contribution < 1.29 is 17.6 Å². The molecule has 1 aliphatic heterocycles. The van der Waals surface area contributed by atoms with E-state index in [4.69, 9.17) is 0 Å². The molecule has 0 fully saturated rings. The summed E-state index contributed by atoms with van der Waals surface area (Å²) in [6.45, 7) is 3.61. The molecule has 0 saturated carbocycles. The molecule has 1 amide bonds. The highest BCUT2D eigenvalue weighted by Crippen LogP contribution is 2.18. The van der Waals surface area contributed by atoms with Crippen LogP contribution >= 0.6 is 12.4 Å². The lowest BCUT2D eigenvalue weighted by Gasteiger charge is -2.13. The lowest BCUT2D eigenvalue weighted by Crippen LogP contribution is -2.32. The predicted molar refractivity (Wildman–Crippen MR) is 104 cm³/mol. The minimum absolute atomic E-state index is 0. The molecule has 0 bridgehead atoms. The molecule has 1 aliphatic rings. The van der Waals surface area contributed by atoms with Gasteiger partial charge in [-0.15, -0.1) is 12.4 Å². The molecule has 1 heterocycles. The molecule has 0 aromatic heterocycles. The topological polar surface area (TPSA) is 75.3 Å². The lowest BCUT2D eigenvalue weighted by molar-refractivity contribution is -0.124. The maximum absolute atomic E-state index is 12.9. The van der Waals surface area contributed by atoms with Crippen molar-refractivity contribution in [2.24, 2.45) is 5.92 Å². The Kier molecular flexibility index (Phi) is 6.97. The zero-order chi connectivity index (χ0) is 18.7. The number of amides is 1. The molecule has 0 aliphatic carbocycles. The first-order chi connectivity index (χ1) is 12.3. The zero-order valence-corrected chi connectivity index (χ0v) is 16.5. The van der Waals surface area contributed by atoms with Gasteiger partial charge in [0.05, 0.1) is 10.6 Å². The maximum atomic E-state index is 12.9.